The monoisotopic (exact) mass is 516 g/mol. The van der Waals surface area contributed by atoms with Crippen molar-refractivity contribution >= 4 is 34.3 Å². The zero-order chi connectivity index (χ0) is 20.8. The highest BCUT2D eigenvalue weighted by Gasteiger charge is 2.34. The van der Waals surface area contributed by atoms with E-state index >= 15 is 0 Å². The summed E-state index contributed by atoms with van der Waals surface area (Å²) in [6.45, 7) is 4.27. The summed E-state index contributed by atoms with van der Waals surface area (Å²) in [5, 5.41) is 0. The maximum atomic E-state index is 12.6. The molecule has 2 saturated heterocycles. The molecule has 3 rings (SSSR count). The molecule has 3 heterocycles. The lowest BCUT2D eigenvalue weighted by Gasteiger charge is -2.36. The lowest BCUT2D eigenvalue weighted by Crippen LogP contribution is -2.39. The standard InChI is InChI=1S/C23H33IO5/c1-15-6-7-16(2)22(8-9-24)29-23(26)14-21-12-17(25)11-20(28-21)13-19-5-3-4-18(10-15)27-19/h6-9,15-16,18-22H,3-5,10-14H2,1-2H3/b7-6+,9-8+/t15-,16-,18+,19-,20+,21-,22-/m1/s1. The molecule has 2 fully saturated rings. The van der Waals surface area contributed by atoms with Gasteiger partial charge in [0.2, 0.25) is 0 Å². The molecule has 162 valence electrons. The number of hydrogen-bond acceptors (Lipinski definition) is 5. The van der Waals surface area contributed by atoms with Gasteiger partial charge in [-0.2, -0.15) is 0 Å². The van der Waals surface area contributed by atoms with Crippen LogP contribution >= 0.6 is 22.6 Å². The van der Waals surface area contributed by atoms with E-state index in [0.717, 1.165) is 32.1 Å². The van der Waals surface area contributed by atoms with E-state index < -0.39 is 6.10 Å². The van der Waals surface area contributed by atoms with Crippen molar-refractivity contribution in [2.75, 3.05) is 0 Å². The topological polar surface area (TPSA) is 61.8 Å². The van der Waals surface area contributed by atoms with Gasteiger partial charge in [0.05, 0.1) is 30.8 Å². The average molecular weight is 516 g/mol. The Balaban J connectivity index is 1.78. The fraction of sp³-hybridized carbons (Fsp3) is 0.739. The number of Topliss-reactive ketones (excluding diaryl/α,β-unsaturated/α-hetero) is 1. The van der Waals surface area contributed by atoms with Crippen molar-refractivity contribution in [2.24, 2.45) is 11.8 Å². The quantitative estimate of drug-likeness (QED) is 0.282. The van der Waals surface area contributed by atoms with Crippen molar-refractivity contribution in [3.05, 3.63) is 22.3 Å². The van der Waals surface area contributed by atoms with Gasteiger partial charge in [-0.15, -0.1) is 0 Å². The predicted molar refractivity (Wildman–Crippen MR) is 120 cm³/mol. The Morgan fingerprint density at radius 2 is 1.62 bits per heavy atom. The Labute approximate surface area is 187 Å². The molecule has 0 N–H and O–H groups in total. The van der Waals surface area contributed by atoms with Gasteiger partial charge in [0, 0.05) is 25.2 Å². The first-order chi connectivity index (χ1) is 13.9. The van der Waals surface area contributed by atoms with Crippen molar-refractivity contribution in [2.45, 2.75) is 95.7 Å². The third kappa shape index (κ3) is 7.17. The summed E-state index contributed by atoms with van der Waals surface area (Å²) < 4.78 is 20.1. The molecule has 5 nitrogen and oxygen atoms in total. The van der Waals surface area contributed by atoms with Crippen LogP contribution in [0.1, 0.15) is 65.2 Å². The molecule has 0 spiro atoms. The molecule has 0 aromatic carbocycles. The molecular weight excluding hydrogens is 483 g/mol. The molecule has 29 heavy (non-hydrogen) atoms. The fourth-order valence-corrected chi connectivity index (χ4v) is 5.00. The maximum Gasteiger partial charge on any atom is 0.309 e. The summed E-state index contributed by atoms with van der Waals surface area (Å²) in [5.74, 6) is 0.325. The van der Waals surface area contributed by atoms with E-state index in [9.17, 15) is 9.59 Å². The molecule has 4 bridgehead atoms. The van der Waals surface area contributed by atoms with Gasteiger partial charge in [0.15, 0.2) is 0 Å². The number of ketones is 1. The normalized spacial score (nSPS) is 41.1. The van der Waals surface area contributed by atoms with Crippen molar-refractivity contribution in [3.63, 3.8) is 0 Å². The summed E-state index contributed by atoms with van der Waals surface area (Å²) >= 11 is 2.15. The summed E-state index contributed by atoms with van der Waals surface area (Å²) in [6.07, 6.45) is 11.6. The van der Waals surface area contributed by atoms with Crippen LogP contribution in [0.3, 0.4) is 0 Å². The second-order valence-electron chi connectivity index (χ2n) is 8.81. The van der Waals surface area contributed by atoms with Crippen LogP contribution in [0.15, 0.2) is 22.3 Å². The zero-order valence-electron chi connectivity index (χ0n) is 17.4. The fourth-order valence-electron chi connectivity index (χ4n) is 4.59. The summed E-state index contributed by atoms with van der Waals surface area (Å²) in [7, 11) is 0. The molecule has 0 radical (unpaired) electrons. The summed E-state index contributed by atoms with van der Waals surface area (Å²) in [6, 6.07) is 0. The molecule has 0 saturated carbocycles. The largest absolute Gasteiger partial charge is 0.457 e. The molecule has 3 aliphatic rings. The Morgan fingerprint density at radius 3 is 2.38 bits per heavy atom. The molecular formula is C23H33IO5. The number of carbonyl (C=O) groups is 2. The predicted octanol–water partition coefficient (Wildman–Crippen LogP) is 4.91. The lowest BCUT2D eigenvalue weighted by molar-refractivity contribution is -0.158. The highest BCUT2D eigenvalue weighted by atomic mass is 127. The Hall–Kier alpha value is -0.730. The van der Waals surface area contributed by atoms with Gasteiger partial charge >= 0.3 is 5.97 Å². The third-order valence-electron chi connectivity index (χ3n) is 6.08. The van der Waals surface area contributed by atoms with E-state index in [1.807, 2.05) is 10.2 Å². The number of hydrogen-bond donors (Lipinski definition) is 0. The van der Waals surface area contributed by atoms with Crippen LogP contribution in [0.5, 0.6) is 0 Å². The van der Waals surface area contributed by atoms with Crippen molar-refractivity contribution < 1.29 is 23.8 Å². The number of halogens is 1. The van der Waals surface area contributed by atoms with Gasteiger partial charge < -0.3 is 14.2 Å². The van der Waals surface area contributed by atoms with E-state index in [1.54, 1.807) is 0 Å². The number of carbonyl (C=O) groups excluding carboxylic acids is 2. The first kappa shape index (κ1) is 22.9. The first-order valence-corrected chi connectivity index (χ1v) is 12.1. The van der Waals surface area contributed by atoms with Gasteiger partial charge in [-0.1, -0.05) is 48.6 Å². The minimum atomic E-state index is -0.392. The van der Waals surface area contributed by atoms with Crippen LogP contribution < -0.4 is 0 Å². The molecule has 0 unspecified atom stereocenters. The third-order valence-corrected chi connectivity index (χ3v) is 6.49. The van der Waals surface area contributed by atoms with Crippen LogP contribution in [0.4, 0.5) is 0 Å². The van der Waals surface area contributed by atoms with E-state index in [0.29, 0.717) is 18.8 Å². The summed E-state index contributed by atoms with van der Waals surface area (Å²) in [4.78, 5) is 24.8. The molecule has 0 aliphatic carbocycles. The van der Waals surface area contributed by atoms with E-state index in [-0.39, 0.29) is 48.5 Å². The minimum Gasteiger partial charge on any atom is -0.457 e. The Kier molecular flexibility index (Phi) is 8.74. The maximum absolute atomic E-state index is 12.6. The molecule has 0 amide bonds. The molecule has 7 atom stereocenters. The van der Waals surface area contributed by atoms with Gasteiger partial charge in [-0.05, 0) is 41.8 Å². The SMILES string of the molecule is C[C@@H]1/C=C/[C@@H](C)[C@@H](/C=C/I)OC(=O)C[C@H]2CC(=O)C[C@@H](C[C@H]3CCC[C@@H](C1)O3)O2. The van der Waals surface area contributed by atoms with Gasteiger partial charge in [0.25, 0.3) is 0 Å². The van der Waals surface area contributed by atoms with Crippen molar-refractivity contribution in [1.29, 1.82) is 0 Å². The van der Waals surface area contributed by atoms with Crippen LogP contribution in [-0.2, 0) is 23.8 Å². The number of fused-ring (bicyclic) bond motifs is 4. The molecule has 0 aromatic heterocycles. The highest BCUT2D eigenvalue weighted by Crippen LogP contribution is 2.31. The number of cyclic esters (lactones) is 1. The highest BCUT2D eigenvalue weighted by molar-refractivity contribution is 14.1. The van der Waals surface area contributed by atoms with Crippen molar-refractivity contribution in [1.82, 2.24) is 0 Å². The minimum absolute atomic E-state index is 0.0713. The van der Waals surface area contributed by atoms with Crippen molar-refractivity contribution in [3.8, 4) is 0 Å². The molecule has 0 aromatic rings. The van der Waals surface area contributed by atoms with Crippen LogP contribution in [0.25, 0.3) is 0 Å². The smallest absolute Gasteiger partial charge is 0.309 e. The summed E-state index contributed by atoms with van der Waals surface area (Å²) in [5.41, 5.74) is 0. The number of esters is 1. The number of allylic oxidation sites excluding steroid dienone is 1. The van der Waals surface area contributed by atoms with E-state index in [2.05, 4.69) is 48.6 Å². The second kappa shape index (κ2) is 11.0. The van der Waals surface area contributed by atoms with Gasteiger partial charge in [0.1, 0.15) is 11.9 Å². The van der Waals surface area contributed by atoms with Crippen LogP contribution in [0.2, 0.25) is 0 Å². The number of ether oxygens (including phenoxy) is 3. The molecule has 3 aliphatic heterocycles. The van der Waals surface area contributed by atoms with E-state index in [1.165, 1.54) is 0 Å². The Morgan fingerprint density at radius 1 is 0.931 bits per heavy atom. The first-order valence-electron chi connectivity index (χ1n) is 10.9. The van der Waals surface area contributed by atoms with Gasteiger partial charge in [-0.25, -0.2) is 0 Å². The number of rotatable bonds is 1. The van der Waals surface area contributed by atoms with Crippen LogP contribution in [0, 0.1) is 11.8 Å². The second-order valence-corrected chi connectivity index (χ2v) is 9.53. The Bertz CT molecular complexity index is 631. The van der Waals surface area contributed by atoms with Crippen LogP contribution in [-0.4, -0.2) is 42.3 Å². The molecule has 6 heteroatoms. The van der Waals surface area contributed by atoms with E-state index in [4.69, 9.17) is 14.2 Å². The lowest BCUT2D eigenvalue weighted by atomic mass is 9.91. The average Bonchev–Trinajstić information content (AvgIpc) is 2.65. The van der Waals surface area contributed by atoms with Gasteiger partial charge in [-0.3, -0.25) is 9.59 Å². The zero-order valence-corrected chi connectivity index (χ0v) is 19.6.